The highest BCUT2D eigenvalue weighted by Gasteiger charge is 2.11. The topological polar surface area (TPSA) is 52.6 Å². The van der Waals surface area contributed by atoms with Crippen molar-refractivity contribution in [2.75, 3.05) is 14.2 Å². The van der Waals surface area contributed by atoms with E-state index >= 15 is 0 Å². The number of unbranched alkanes of at least 4 members (excludes halogenated alkanes) is 2. The molecule has 4 nitrogen and oxygen atoms in total. The van der Waals surface area contributed by atoms with Crippen LogP contribution in [0.25, 0.3) is 0 Å². The molecule has 15 heavy (non-hydrogen) atoms. The van der Waals surface area contributed by atoms with Crippen LogP contribution < -0.4 is 0 Å². The third-order valence-electron chi connectivity index (χ3n) is 2.35. The van der Waals surface area contributed by atoms with Gasteiger partial charge in [0.25, 0.3) is 0 Å². The Bertz CT molecular complexity index is 201. The van der Waals surface area contributed by atoms with Crippen molar-refractivity contribution in [3.63, 3.8) is 0 Å². The Morgan fingerprint density at radius 3 is 2.27 bits per heavy atom. The van der Waals surface area contributed by atoms with E-state index in [0.717, 1.165) is 25.7 Å². The first-order chi connectivity index (χ1) is 7.11. The third-order valence-corrected chi connectivity index (χ3v) is 2.35. The van der Waals surface area contributed by atoms with Crippen molar-refractivity contribution < 1.29 is 19.1 Å². The minimum absolute atomic E-state index is 0.0480. The van der Waals surface area contributed by atoms with Crippen LogP contribution in [0.5, 0.6) is 0 Å². The minimum Gasteiger partial charge on any atom is -0.469 e. The van der Waals surface area contributed by atoms with Gasteiger partial charge in [0, 0.05) is 6.42 Å². The lowest BCUT2D eigenvalue weighted by Gasteiger charge is -2.07. The van der Waals surface area contributed by atoms with Crippen molar-refractivity contribution in [1.29, 1.82) is 0 Å². The summed E-state index contributed by atoms with van der Waals surface area (Å²) in [5.41, 5.74) is 0. The number of ether oxygens (including phenoxy) is 2. The fourth-order valence-corrected chi connectivity index (χ4v) is 1.32. The van der Waals surface area contributed by atoms with Crippen molar-refractivity contribution in [2.45, 2.75) is 39.0 Å². The van der Waals surface area contributed by atoms with Crippen molar-refractivity contribution >= 4 is 11.9 Å². The van der Waals surface area contributed by atoms with Gasteiger partial charge in [-0.2, -0.15) is 0 Å². The summed E-state index contributed by atoms with van der Waals surface area (Å²) < 4.78 is 9.13. The number of rotatable bonds is 7. The van der Waals surface area contributed by atoms with Crippen LogP contribution in [0.1, 0.15) is 39.0 Å². The predicted octanol–water partition coefficient (Wildman–Crippen LogP) is 1.92. The standard InChI is InChI=1S/C11H20O4/c1-9(11(13)15-3)7-5-4-6-8-10(12)14-2/h9H,4-8H2,1-3H3. The van der Waals surface area contributed by atoms with Crippen LogP contribution in [-0.2, 0) is 19.1 Å². The first kappa shape index (κ1) is 13.9. The van der Waals surface area contributed by atoms with Crippen LogP contribution in [0.15, 0.2) is 0 Å². The molecule has 4 heteroatoms. The Kier molecular flexibility index (Phi) is 7.68. The van der Waals surface area contributed by atoms with E-state index < -0.39 is 0 Å². The monoisotopic (exact) mass is 216 g/mol. The smallest absolute Gasteiger partial charge is 0.308 e. The Morgan fingerprint density at radius 2 is 1.73 bits per heavy atom. The zero-order valence-electron chi connectivity index (χ0n) is 9.75. The average Bonchev–Trinajstić information content (AvgIpc) is 2.26. The van der Waals surface area contributed by atoms with E-state index in [0.29, 0.717) is 6.42 Å². The van der Waals surface area contributed by atoms with Gasteiger partial charge in [-0.25, -0.2) is 0 Å². The highest BCUT2D eigenvalue weighted by atomic mass is 16.5. The molecule has 0 radical (unpaired) electrons. The van der Waals surface area contributed by atoms with Crippen molar-refractivity contribution in [3.8, 4) is 0 Å². The molecule has 0 bridgehead atoms. The molecular weight excluding hydrogens is 196 g/mol. The molecule has 88 valence electrons. The van der Waals surface area contributed by atoms with Crippen molar-refractivity contribution in [2.24, 2.45) is 5.92 Å². The van der Waals surface area contributed by atoms with Crippen LogP contribution in [-0.4, -0.2) is 26.2 Å². The van der Waals surface area contributed by atoms with Gasteiger partial charge in [-0.05, 0) is 12.8 Å². The molecule has 1 atom stereocenters. The van der Waals surface area contributed by atoms with Gasteiger partial charge in [0.2, 0.25) is 0 Å². The maximum Gasteiger partial charge on any atom is 0.308 e. The molecule has 0 aromatic heterocycles. The summed E-state index contributed by atoms with van der Waals surface area (Å²) in [7, 11) is 2.79. The van der Waals surface area contributed by atoms with Crippen LogP contribution >= 0.6 is 0 Å². The normalized spacial score (nSPS) is 11.9. The van der Waals surface area contributed by atoms with Crippen LogP contribution in [0, 0.1) is 5.92 Å². The van der Waals surface area contributed by atoms with E-state index in [-0.39, 0.29) is 17.9 Å². The molecule has 0 aliphatic rings. The zero-order valence-corrected chi connectivity index (χ0v) is 9.75. The molecule has 0 aliphatic carbocycles. The Balaban J connectivity index is 3.38. The van der Waals surface area contributed by atoms with E-state index in [2.05, 4.69) is 9.47 Å². The highest BCUT2D eigenvalue weighted by molar-refractivity contribution is 5.71. The number of carbonyl (C=O) groups excluding carboxylic acids is 2. The number of carbonyl (C=O) groups is 2. The first-order valence-corrected chi connectivity index (χ1v) is 5.26. The predicted molar refractivity (Wildman–Crippen MR) is 56.3 cm³/mol. The van der Waals surface area contributed by atoms with Gasteiger partial charge in [-0.15, -0.1) is 0 Å². The van der Waals surface area contributed by atoms with Crippen LogP contribution in [0.4, 0.5) is 0 Å². The molecule has 0 aliphatic heterocycles. The van der Waals surface area contributed by atoms with E-state index in [1.54, 1.807) is 0 Å². The fourth-order valence-electron chi connectivity index (χ4n) is 1.32. The van der Waals surface area contributed by atoms with Crippen LogP contribution in [0.2, 0.25) is 0 Å². The van der Waals surface area contributed by atoms with Gasteiger partial charge >= 0.3 is 11.9 Å². The largest absolute Gasteiger partial charge is 0.469 e. The minimum atomic E-state index is -0.170. The first-order valence-electron chi connectivity index (χ1n) is 5.26. The molecule has 0 saturated carbocycles. The molecule has 0 saturated heterocycles. The molecule has 0 fully saturated rings. The summed E-state index contributed by atoms with van der Waals surface area (Å²) in [4.78, 5) is 21.8. The second kappa shape index (κ2) is 8.26. The van der Waals surface area contributed by atoms with Gasteiger partial charge in [0.15, 0.2) is 0 Å². The molecule has 0 N–H and O–H groups in total. The zero-order chi connectivity index (χ0) is 11.7. The molecule has 1 unspecified atom stereocenters. The lowest BCUT2D eigenvalue weighted by atomic mass is 10.0. The summed E-state index contributed by atoms with van der Waals surface area (Å²) >= 11 is 0. The van der Waals surface area contributed by atoms with E-state index in [1.165, 1.54) is 14.2 Å². The van der Waals surface area contributed by atoms with Crippen molar-refractivity contribution in [1.82, 2.24) is 0 Å². The van der Waals surface area contributed by atoms with Gasteiger partial charge in [-0.1, -0.05) is 19.8 Å². The second-order valence-electron chi connectivity index (χ2n) is 3.60. The molecule has 0 heterocycles. The maximum absolute atomic E-state index is 11.0. The summed E-state index contributed by atoms with van der Waals surface area (Å²) in [6, 6.07) is 0. The van der Waals surface area contributed by atoms with Gasteiger partial charge in [-0.3, -0.25) is 9.59 Å². The number of hydrogen-bond donors (Lipinski definition) is 0. The number of methoxy groups -OCH3 is 2. The highest BCUT2D eigenvalue weighted by Crippen LogP contribution is 2.11. The molecule has 0 aromatic rings. The van der Waals surface area contributed by atoms with E-state index in [4.69, 9.17) is 0 Å². The fraction of sp³-hybridized carbons (Fsp3) is 0.818. The van der Waals surface area contributed by atoms with Crippen LogP contribution in [0.3, 0.4) is 0 Å². The summed E-state index contributed by atoms with van der Waals surface area (Å²) in [6.45, 7) is 1.85. The molecule has 0 amide bonds. The summed E-state index contributed by atoms with van der Waals surface area (Å²) in [5, 5.41) is 0. The summed E-state index contributed by atoms with van der Waals surface area (Å²) in [5.74, 6) is -0.382. The van der Waals surface area contributed by atoms with Gasteiger partial charge < -0.3 is 9.47 Å². The lowest BCUT2D eigenvalue weighted by Crippen LogP contribution is -2.12. The molecular formula is C11H20O4. The molecule has 0 rings (SSSR count). The number of esters is 2. The molecule has 0 spiro atoms. The van der Waals surface area contributed by atoms with E-state index in [1.807, 2.05) is 6.92 Å². The quantitative estimate of drug-likeness (QED) is 0.482. The third kappa shape index (κ3) is 6.94. The second-order valence-corrected chi connectivity index (χ2v) is 3.60. The SMILES string of the molecule is COC(=O)CCCCCC(C)C(=O)OC. The lowest BCUT2D eigenvalue weighted by molar-refractivity contribution is -0.145. The van der Waals surface area contributed by atoms with Gasteiger partial charge in [0.05, 0.1) is 20.1 Å². The maximum atomic E-state index is 11.0. The average molecular weight is 216 g/mol. The van der Waals surface area contributed by atoms with Crippen molar-refractivity contribution in [3.05, 3.63) is 0 Å². The Labute approximate surface area is 90.9 Å². The van der Waals surface area contributed by atoms with Gasteiger partial charge in [0.1, 0.15) is 0 Å². The Morgan fingerprint density at radius 1 is 1.07 bits per heavy atom. The Hall–Kier alpha value is -1.06. The molecule has 0 aromatic carbocycles. The van der Waals surface area contributed by atoms with E-state index in [9.17, 15) is 9.59 Å². The number of hydrogen-bond acceptors (Lipinski definition) is 4. The summed E-state index contributed by atoms with van der Waals surface area (Å²) in [6.07, 6.45) is 3.97.